The van der Waals surface area contributed by atoms with Gasteiger partial charge in [-0.25, -0.2) is 13.2 Å². The Morgan fingerprint density at radius 1 is 1.13 bits per heavy atom. The third-order valence-corrected chi connectivity index (χ3v) is 15.4. The predicted molar refractivity (Wildman–Crippen MR) is 220 cm³/mol. The zero-order valence-corrected chi connectivity index (χ0v) is 36.3. The number of methoxy groups -OCH3 is 1. The van der Waals surface area contributed by atoms with E-state index in [4.69, 9.17) is 19.2 Å². The number of benzene rings is 1. The van der Waals surface area contributed by atoms with Crippen molar-refractivity contribution in [2.24, 2.45) is 17.8 Å². The van der Waals surface area contributed by atoms with Crippen LogP contribution in [-0.2, 0) is 29.1 Å². The van der Waals surface area contributed by atoms with Crippen LogP contribution in [0.2, 0.25) is 0 Å². The van der Waals surface area contributed by atoms with Crippen LogP contribution in [0.1, 0.15) is 72.6 Å². The molecule has 0 unspecified atom stereocenters. The van der Waals surface area contributed by atoms with E-state index in [1.54, 1.807) is 24.3 Å². The van der Waals surface area contributed by atoms with Crippen LogP contribution in [0.3, 0.4) is 0 Å². The number of aromatic nitrogens is 1. The molecule has 2 aromatic rings. The minimum atomic E-state index is -5.04. The number of carbonyl (C=O) groups excluding carboxylic acids is 3. The standard InChI is InChI=1S/C42H55F3N6O10S/c1-24-8-6-7-9-28-22-41(28,38(54)48-62(57,58)40(4)12-13-40)47-35(52)32-21-30(23-50(32)37(53)34(25(2)18-24)51(39(55)56)26(3)42(43,44)45)61-36-31-11-10-29(59-5)19-27(31)20-33(46-36)49-14-16-60-17-15-49/h7,9-11,19-20,24-26,28,30,32,34H,6,8,12-18,21-23H2,1-5H3,(H,47,52)(H,48,54)(H,55,56)/b9-7-/t24-,25+,26+,28+,30+,32-,34-,41+/m0/s1. The number of ether oxygens (including phenoxy) is 3. The van der Waals surface area contributed by atoms with Gasteiger partial charge in [-0.3, -0.25) is 24.0 Å². The number of halogens is 3. The zero-order valence-electron chi connectivity index (χ0n) is 35.4. The first-order chi connectivity index (χ1) is 29.2. The number of nitrogens with one attached hydrogen (secondary N) is 2. The van der Waals surface area contributed by atoms with Crippen LogP contribution in [0.25, 0.3) is 10.8 Å². The summed E-state index contributed by atoms with van der Waals surface area (Å²) in [5, 5.41) is 14.4. The van der Waals surface area contributed by atoms with E-state index in [9.17, 15) is 41.1 Å². The Kier molecular flexibility index (Phi) is 12.4. The number of sulfonamides is 1. The van der Waals surface area contributed by atoms with Gasteiger partial charge in [-0.2, -0.15) is 18.2 Å². The fourth-order valence-electron chi connectivity index (χ4n) is 8.97. The number of amides is 4. The molecule has 2 saturated carbocycles. The highest BCUT2D eigenvalue weighted by Crippen LogP contribution is 2.48. The number of alkyl halides is 3. The third kappa shape index (κ3) is 8.99. The van der Waals surface area contributed by atoms with Crippen molar-refractivity contribution in [3.63, 3.8) is 0 Å². The number of allylic oxidation sites excluding steroid dienone is 1. The number of hydrogen-bond donors (Lipinski definition) is 3. The van der Waals surface area contributed by atoms with Crippen LogP contribution in [0.4, 0.5) is 23.8 Å². The minimum Gasteiger partial charge on any atom is -0.497 e. The number of pyridine rings is 1. The number of carboxylic acid groups (broad SMARTS) is 1. The predicted octanol–water partition coefficient (Wildman–Crippen LogP) is 4.61. The number of anilines is 1. The SMILES string of the molecule is COc1ccc2c(O[C@@H]3C[C@H]4C(=O)N[C@]5(C(=O)NS(=O)(=O)C6(C)CC6)C[C@H]5/C=C\CC[C@H](C)C[C@@H](C)[C@H](N(C(=O)O)[C@H](C)C(F)(F)F)C(=O)N4C3)nc(N3CCOCC3)cc2c1. The maximum Gasteiger partial charge on any atom is 0.408 e. The molecule has 2 aliphatic carbocycles. The first-order valence-electron chi connectivity index (χ1n) is 21.1. The van der Waals surface area contributed by atoms with Gasteiger partial charge in [-0.1, -0.05) is 26.0 Å². The normalized spacial score (nSPS) is 30.1. The summed E-state index contributed by atoms with van der Waals surface area (Å²) >= 11 is 0. The molecule has 16 nitrogen and oxygen atoms in total. The van der Waals surface area contributed by atoms with Crippen molar-refractivity contribution in [1.82, 2.24) is 24.8 Å². The van der Waals surface area contributed by atoms with Gasteiger partial charge < -0.3 is 34.4 Å². The molecule has 3 N–H and O–H groups in total. The maximum atomic E-state index is 15.1. The molecule has 1 aromatic carbocycles. The van der Waals surface area contributed by atoms with Gasteiger partial charge in [0.15, 0.2) is 0 Å². The number of nitrogens with zero attached hydrogens (tertiary/aromatic N) is 4. The average Bonchev–Trinajstić information content (AvgIpc) is 4.10. The summed E-state index contributed by atoms with van der Waals surface area (Å²) in [6.07, 6.45) is -2.79. The number of fused-ring (bicyclic) bond motifs is 3. The molecular weight excluding hydrogens is 838 g/mol. The van der Waals surface area contributed by atoms with Gasteiger partial charge >= 0.3 is 12.3 Å². The van der Waals surface area contributed by atoms with Gasteiger partial charge in [0.25, 0.3) is 5.91 Å². The number of morpholine rings is 1. The molecule has 3 aliphatic heterocycles. The van der Waals surface area contributed by atoms with E-state index in [2.05, 4.69) is 10.0 Å². The monoisotopic (exact) mass is 892 g/mol. The second-order valence-electron chi connectivity index (χ2n) is 17.8. The molecule has 0 radical (unpaired) electrons. The minimum absolute atomic E-state index is 0.0483. The number of rotatable bonds is 9. The van der Waals surface area contributed by atoms with Crippen LogP contribution < -0.4 is 24.4 Å². The van der Waals surface area contributed by atoms with E-state index in [0.717, 1.165) is 4.90 Å². The lowest BCUT2D eigenvalue weighted by Gasteiger charge is -2.40. The van der Waals surface area contributed by atoms with Gasteiger partial charge in [0.1, 0.15) is 41.3 Å². The van der Waals surface area contributed by atoms with Crippen LogP contribution >= 0.6 is 0 Å². The summed E-state index contributed by atoms with van der Waals surface area (Å²) in [6.45, 7) is 7.22. The summed E-state index contributed by atoms with van der Waals surface area (Å²) in [7, 11) is -2.60. The first-order valence-corrected chi connectivity index (χ1v) is 22.6. The highest BCUT2D eigenvalue weighted by atomic mass is 32.2. The summed E-state index contributed by atoms with van der Waals surface area (Å²) < 4.78 is 88.5. The van der Waals surface area contributed by atoms with Crippen LogP contribution in [-0.4, -0.2) is 133 Å². The molecule has 4 heterocycles. The van der Waals surface area contributed by atoms with E-state index in [-0.39, 0.29) is 42.5 Å². The van der Waals surface area contributed by atoms with Crippen molar-refractivity contribution >= 4 is 50.4 Å². The molecule has 0 spiro atoms. The lowest BCUT2D eigenvalue weighted by molar-refractivity contribution is -0.184. The first kappa shape index (κ1) is 45.2. The van der Waals surface area contributed by atoms with Gasteiger partial charge in [0.05, 0.1) is 31.6 Å². The molecule has 5 aliphatic rings. The Labute approximate surface area is 358 Å². The van der Waals surface area contributed by atoms with Gasteiger partial charge in [0.2, 0.25) is 27.7 Å². The second kappa shape index (κ2) is 17.0. The summed E-state index contributed by atoms with van der Waals surface area (Å²) in [5.41, 5.74) is -1.72. The quantitative estimate of drug-likeness (QED) is 0.296. The number of hydrogen-bond acceptors (Lipinski definition) is 11. The molecule has 4 fully saturated rings. The van der Waals surface area contributed by atoms with Crippen molar-refractivity contribution in [1.29, 1.82) is 0 Å². The van der Waals surface area contributed by atoms with Crippen molar-refractivity contribution in [3.8, 4) is 11.6 Å². The zero-order chi connectivity index (χ0) is 44.9. The van der Waals surface area contributed by atoms with E-state index in [0.29, 0.717) is 81.3 Å². The molecule has 340 valence electrons. The molecule has 7 rings (SSSR count). The number of carbonyl (C=O) groups is 4. The van der Waals surface area contributed by atoms with Gasteiger partial charge in [-0.15, -0.1) is 0 Å². The maximum absolute atomic E-state index is 15.1. The Hall–Kier alpha value is -4.85. The summed E-state index contributed by atoms with van der Waals surface area (Å²) in [6, 6.07) is 1.17. The van der Waals surface area contributed by atoms with Gasteiger partial charge in [0, 0.05) is 30.8 Å². The smallest absolute Gasteiger partial charge is 0.408 e. The fourth-order valence-corrected chi connectivity index (χ4v) is 10.3. The van der Waals surface area contributed by atoms with Crippen molar-refractivity contribution < 1.29 is 60.1 Å². The van der Waals surface area contributed by atoms with E-state index >= 15 is 4.79 Å². The molecule has 20 heteroatoms. The summed E-state index contributed by atoms with van der Waals surface area (Å²) in [5.74, 6) is -3.33. The molecule has 0 bridgehead atoms. The summed E-state index contributed by atoms with van der Waals surface area (Å²) in [4.78, 5) is 64.7. The van der Waals surface area contributed by atoms with Gasteiger partial charge in [-0.05, 0) is 93.9 Å². The lowest BCUT2D eigenvalue weighted by atomic mass is 9.86. The lowest BCUT2D eigenvalue weighted by Crippen LogP contribution is -2.62. The molecule has 2 saturated heterocycles. The molecule has 8 atom stereocenters. The Morgan fingerprint density at radius 2 is 1.84 bits per heavy atom. The van der Waals surface area contributed by atoms with E-state index < -0.39 is 86.4 Å². The molecule has 62 heavy (non-hydrogen) atoms. The van der Waals surface area contributed by atoms with Crippen LogP contribution in [0, 0.1) is 17.8 Å². The molecule has 4 amide bonds. The molecule has 1 aromatic heterocycles. The highest BCUT2D eigenvalue weighted by molar-refractivity contribution is 7.91. The van der Waals surface area contributed by atoms with Crippen LogP contribution in [0.15, 0.2) is 36.4 Å². The van der Waals surface area contributed by atoms with Crippen molar-refractivity contribution in [3.05, 3.63) is 36.4 Å². The molecular formula is C42H55F3N6O10S. The average molecular weight is 893 g/mol. The highest BCUT2D eigenvalue weighted by Gasteiger charge is 2.63. The largest absolute Gasteiger partial charge is 0.497 e. The van der Waals surface area contributed by atoms with E-state index in [1.807, 2.05) is 24.0 Å². The topological polar surface area (TPSA) is 197 Å². The Morgan fingerprint density at radius 3 is 2.48 bits per heavy atom. The Balaban J connectivity index is 1.29. The van der Waals surface area contributed by atoms with Crippen LogP contribution in [0.5, 0.6) is 11.6 Å². The van der Waals surface area contributed by atoms with Crippen molar-refractivity contribution in [2.45, 2.75) is 113 Å². The second-order valence-corrected chi connectivity index (χ2v) is 20.0. The van der Waals surface area contributed by atoms with Crippen molar-refractivity contribution in [2.75, 3.05) is 44.9 Å². The fraction of sp³-hybridized carbons (Fsp3) is 0.643. The Bertz CT molecular complexity index is 2220. The van der Waals surface area contributed by atoms with E-state index in [1.165, 1.54) is 21.0 Å². The third-order valence-electron chi connectivity index (χ3n) is 13.2.